The van der Waals surface area contributed by atoms with Crippen LogP contribution in [-0.2, 0) is 6.42 Å². The molecule has 1 fully saturated rings. The normalized spacial score (nSPS) is 18.1. The average molecular weight is 256 g/mol. The molecule has 0 aliphatic heterocycles. The number of aromatic hydroxyl groups is 1. The molecule has 0 radical (unpaired) electrons. The van der Waals surface area contributed by atoms with Crippen molar-refractivity contribution < 1.29 is 5.11 Å². The van der Waals surface area contributed by atoms with Gasteiger partial charge in [0.1, 0.15) is 5.75 Å². The van der Waals surface area contributed by atoms with Gasteiger partial charge in [0, 0.05) is 4.47 Å². The largest absolute Gasteiger partial charge is 0.508 e. The quantitative estimate of drug-likeness (QED) is 0.872. The lowest BCUT2D eigenvalue weighted by Gasteiger charge is -2.13. The van der Waals surface area contributed by atoms with Crippen molar-refractivity contribution in [3.8, 4) is 5.75 Å². The van der Waals surface area contributed by atoms with E-state index in [-0.39, 0.29) is 0 Å². The fraction of sp³-hybridized carbons (Fsp3) is 0.455. The third-order valence-corrected chi connectivity index (χ3v) is 3.76. The van der Waals surface area contributed by atoms with Crippen LogP contribution in [0.5, 0.6) is 5.75 Å². The van der Waals surface area contributed by atoms with Crippen LogP contribution in [0.15, 0.2) is 22.7 Å². The second-order valence-corrected chi connectivity index (χ2v) is 5.01. The number of halogens is 1. The molecule has 76 valence electrons. The topological polar surface area (TPSA) is 46.2 Å². The molecule has 0 atom stereocenters. The van der Waals surface area contributed by atoms with Crippen LogP contribution in [0, 0.1) is 5.41 Å². The highest BCUT2D eigenvalue weighted by Gasteiger charge is 2.41. The fourth-order valence-electron chi connectivity index (χ4n) is 1.73. The van der Waals surface area contributed by atoms with Crippen molar-refractivity contribution in [1.29, 1.82) is 0 Å². The van der Waals surface area contributed by atoms with E-state index in [4.69, 9.17) is 5.73 Å². The van der Waals surface area contributed by atoms with Crippen LogP contribution in [0.3, 0.4) is 0 Å². The van der Waals surface area contributed by atoms with Crippen LogP contribution >= 0.6 is 15.9 Å². The minimum absolute atomic E-state index is 0.316. The summed E-state index contributed by atoms with van der Waals surface area (Å²) in [5.41, 5.74) is 7.20. The first-order valence-corrected chi connectivity index (χ1v) is 5.62. The molecular weight excluding hydrogens is 242 g/mol. The number of phenolic OH excluding ortho intramolecular Hbond substituents is 1. The zero-order valence-corrected chi connectivity index (χ0v) is 9.55. The van der Waals surface area contributed by atoms with Crippen LogP contribution in [0.4, 0.5) is 0 Å². The van der Waals surface area contributed by atoms with Crippen LogP contribution in [0.2, 0.25) is 0 Å². The van der Waals surface area contributed by atoms with E-state index in [0.717, 1.165) is 23.0 Å². The molecule has 1 aliphatic rings. The van der Waals surface area contributed by atoms with Crippen molar-refractivity contribution in [3.05, 3.63) is 28.2 Å². The molecule has 1 aliphatic carbocycles. The average Bonchev–Trinajstić information content (AvgIpc) is 2.92. The number of hydrogen-bond donors (Lipinski definition) is 2. The molecule has 3 N–H and O–H groups in total. The van der Waals surface area contributed by atoms with Crippen LogP contribution in [-0.4, -0.2) is 11.7 Å². The highest BCUT2D eigenvalue weighted by molar-refractivity contribution is 9.10. The van der Waals surface area contributed by atoms with E-state index in [1.54, 1.807) is 6.07 Å². The molecule has 3 heteroatoms. The smallest absolute Gasteiger partial charge is 0.115 e. The van der Waals surface area contributed by atoms with Gasteiger partial charge in [-0.15, -0.1) is 0 Å². The third kappa shape index (κ3) is 1.93. The minimum atomic E-state index is 0.316. The van der Waals surface area contributed by atoms with Crippen molar-refractivity contribution in [2.24, 2.45) is 11.1 Å². The molecule has 0 unspecified atom stereocenters. The van der Waals surface area contributed by atoms with Gasteiger partial charge in [-0.2, -0.15) is 0 Å². The van der Waals surface area contributed by atoms with Gasteiger partial charge in [0.2, 0.25) is 0 Å². The van der Waals surface area contributed by atoms with Gasteiger partial charge >= 0.3 is 0 Å². The van der Waals surface area contributed by atoms with Gasteiger partial charge in [0.15, 0.2) is 0 Å². The van der Waals surface area contributed by atoms with Crippen LogP contribution < -0.4 is 5.73 Å². The molecule has 1 aromatic carbocycles. The summed E-state index contributed by atoms with van der Waals surface area (Å²) >= 11 is 3.49. The van der Waals surface area contributed by atoms with Gasteiger partial charge in [-0.05, 0) is 55.0 Å². The highest BCUT2D eigenvalue weighted by Crippen LogP contribution is 2.48. The zero-order chi connectivity index (χ0) is 10.2. The maximum atomic E-state index is 9.38. The van der Waals surface area contributed by atoms with Crippen molar-refractivity contribution in [2.75, 3.05) is 6.54 Å². The first kappa shape index (κ1) is 9.99. The standard InChI is InChI=1S/C11H14BrNO/c12-10-2-1-9(14)5-8(10)6-11(7-13)3-4-11/h1-2,5,14H,3-4,6-7,13H2. The molecule has 0 spiro atoms. The number of rotatable bonds is 3. The first-order valence-electron chi connectivity index (χ1n) is 4.83. The fourth-order valence-corrected chi connectivity index (χ4v) is 2.12. The van der Waals surface area contributed by atoms with E-state index < -0.39 is 0 Å². The van der Waals surface area contributed by atoms with Gasteiger partial charge < -0.3 is 10.8 Å². The van der Waals surface area contributed by atoms with E-state index >= 15 is 0 Å². The molecular formula is C11H14BrNO. The first-order chi connectivity index (χ1) is 6.65. The number of hydrogen-bond acceptors (Lipinski definition) is 2. The molecule has 1 saturated carbocycles. The molecule has 14 heavy (non-hydrogen) atoms. The molecule has 0 heterocycles. The number of nitrogens with two attached hydrogens (primary N) is 1. The monoisotopic (exact) mass is 255 g/mol. The Bertz CT molecular complexity index is 347. The van der Waals surface area contributed by atoms with Crippen molar-refractivity contribution in [2.45, 2.75) is 19.3 Å². The summed E-state index contributed by atoms with van der Waals surface area (Å²) in [5, 5.41) is 9.38. The van der Waals surface area contributed by atoms with Gasteiger partial charge in [0.05, 0.1) is 0 Å². The summed E-state index contributed by atoms with van der Waals surface area (Å²) in [5.74, 6) is 0.330. The molecule has 0 bridgehead atoms. The minimum Gasteiger partial charge on any atom is -0.508 e. The summed E-state index contributed by atoms with van der Waals surface area (Å²) in [6.45, 7) is 0.745. The molecule has 0 amide bonds. The van der Waals surface area contributed by atoms with E-state index in [9.17, 15) is 5.11 Å². The number of benzene rings is 1. The maximum absolute atomic E-state index is 9.38. The summed E-state index contributed by atoms with van der Waals surface area (Å²) in [6.07, 6.45) is 3.40. The number of phenols is 1. The molecule has 0 saturated heterocycles. The van der Waals surface area contributed by atoms with Gasteiger partial charge in [0.25, 0.3) is 0 Å². The lowest BCUT2D eigenvalue weighted by molar-refractivity contribution is 0.471. The molecule has 2 rings (SSSR count). The summed E-state index contributed by atoms with van der Waals surface area (Å²) < 4.78 is 1.06. The predicted molar refractivity (Wildman–Crippen MR) is 60.2 cm³/mol. The molecule has 0 aromatic heterocycles. The van der Waals surface area contributed by atoms with Crippen molar-refractivity contribution in [1.82, 2.24) is 0 Å². The second-order valence-electron chi connectivity index (χ2n) is 4.16. The summed E-state index contributed by atoms with van der Waals surface area (Å²) in [7, 11) is 0. The van der Waals surface area contributed by atoms with E-state index in [1.165, 1.54) is 12.8 Å². The lowest BCUT2D eigenvalue weighted by atomic mass is 9.97. The van der Waals surface area contributed by atoms with Gasteiger partial charge in [-0.3, -0.25) is 0 Å². The zero-order valence-electron chi connectivity index (χ0n) is 7.96. The second kappa shape index (κ2) is 3.55. The Morgan fingerprint density at radius 1 is 1.43 bits per heavy atom. The Hall–Kier alpha value is -0.540. The highest BCUT2D eigenvalue weighted by atomic mass is 79.9. The maximum Gasteiger partial charge on any atom is 0.115 e. The Kier molecular flexibility index (Phi) is 2.54. The van der Waals surface area contributed by atoms with Crippen LogP contribution in [0.25, 0.3) is 0 Å². The Morgan fingerprint density at radius 3 is 2.71 bits per heavy atom. The lowest BCUT2D eigenvalue weighted by Crippen LogP contribution is -2.18. The molecule has 2 nitrogen and oxygen atoms in total. The van der Waals surface area contributed by atoms with Gasteiger partial charge in [-0.25, -0.2) is 0 Å². The van der Waals surface area contributed by atoms with Crippen molar-refractivity contribution >= 4 is 15.9 Å². The van der Waals surface area contributed by atoms with Gasteiger partial charge in [-0.1, -0.05) is 15.9 Å². The Balaban J connectivity index is 2.20. The summed E-state index contributed by atoms with van der Waals surface area (Å²) in [4.78, 5) is 0. The SMILES string of the molecule is NCC1(Cc2cc(O)ccc2Br)CC1. The van der Waals surface area contributed by atoms with Crippen LogP contribution in [0.1, 0.15) is 18.4 Å². The predicted octanol–water partition coefficient (Wildman–Crippen LogP) is 2.44. The van der Waals surface area contributed by atoms with Crippen molar-refractivity contribution in [3.63, 3.8) is 0 Å². The Morgan fingerprint density at radius 2 is 2.14 bits per heavy atom. The molecule has 1 aromatic rings. The van der Waals surface area contributed by atoms with E-state index in [1.807, 2.05) is 12.1 Å². The third-order valence-electron chi connectivity index (χ3n) is 2.98. The van der Waals surface area contributed by atoms with E-state index in [2.05, 4.69) is 15.9 Å². The Labute approximate surface area is 92.3 Å². The van der Waals surface area contributed by atoms with E-state index in [0.29, 0.717) is 11.2 Å². The summed E-state index contributed by atoms with van der Waals surface area (Å²) in [6, 6.07) is 5.40.